The van der Waals surface area contributed by atoms with Crippen LogP contribution in [0.15, 0.2) is 36.5 Å². The zero-order valence-corrected chi connectivity index (χ0v) is 12.4. The smallest absolute Gasteiger partial charge is 0.335 e. The van der Waals surface area contributed by atoms with Crippen molar-refractivity contribution in [3.05, 3.63) is 47.7 Å². The topological polar surface area (TPSA) is 83.2 Å². The Kier molecular flexibility index (Phi) is 4.74. The molecule has 0 unspecified atom stereocenters. The van der Waals surface area contributed by atoms with Gasteiger partial charge in [-0.05, 0) is 36.2 Å². The number of carboxylic acids is 1. The van der Waals surface area contributed by atoms with Crippen LogP contribution < -0.4 is 4.74 Å². The number of carboxylic acid groups (broad SMARTS) is 1. The van der Waals surface area contributed by atoms with Crippen molar-refractivity contribution >= 4 is 5.97 Å². The summed E-state index contributed by atoms with van der Waals surface area (Å²) >= 11 is 0. The van der Waals surface area contributed by atoms with Crippen molar-refractivity contribution in [2.24, 2.45) is 5.92 Å². The number of rotatable bonds is 5. The first kappa shape index (κ1) is 15.5. The van der Waals surface area contributed by atoms with Crippen LogP contribution in [-0.2, 0) is 0 Å². The summed E-state index contributed by atoms with van der Waals surface area (Å²) in [5.41, 5.74) is 1.74. The summed E-state index contributed by atoms with van der Waals surface area (Å²) in [4.78, 5) is 15.2. The number of benzene rings is 1. The third kappa shape index (κ3) is 3.61. The molecule has 0 aliphatic rings. The van der Waals surface area contributed by atoms with E-state index in [1.54, 1.807) is 18.2 Å². The Bertz CT molecular complexity index is 733. The number of aromatic carboxylic acids is 1. The molecule has 22 heavy (non-hydrogen) atoms. The zero-order chi connectivity index (χ0) is 16.1. The fourth-order valence-corrected chi connectivity index (χ4v) is 1.88. The third-order valence-electron chi connectivity index (χ3n) is 2.97. The van der Waals surface area contributed by atoms with Gasteiger partial charge in [-0.2, -0.15) is 5.26 Å². The lowest BCUT2D eigenvalue weighted by Gasteiger charge is -2.11. The molecule has 1 N–H and O–H groups in total. The van der Waals surface area contributed by atoms with E-state index < -0.39 is 5.97 Å². The fourth-order valence-electron chi connectivity index (χ4n) is 1.88. The van der Waals surface area contributed by atoms with Crippen molar-refractivity contribution in [1.29, 1.82) is 5.26 Å². The molecular formula is C17H16N2O3. The van der Waals surface area contributed by atoms with E-state index in [1.807, 2.05) is 13.8 Å². The summed E-state index contributed by atoms with van der Waals surface area (Å²) in [6.45, 7) is 4.59. The van der Waals surface area contributed by atoms with Crippen molar-refractivity contribution in [1.82, 2.24) is 4.98 Å². The van der Waals surface area contributed by atoms with Gasteiger partial charge in [0.25, 0.3) is 0 Å². The number of hydrogen-bond donors (Lipinski definition) is 1. The highest BCUT2D eigenvalue weighted by molar-refractivity contribution is 5.88. The predicted molar refractivity (Wildman–Crippen MR) is 81.7 cm³/mol. The SMILES string of the molecule is CC(C)COc1ccc(-c2cc(C(=O)O)ccn2)cc1C#N. The molecule has 0 fully saturated rings. The molecule has 2 aromatic rings. The van der Waals surface area contributed by atoms with Gasteiger partial charge in [-0.15, -0.1) is 0 Å². The van der Waals surface area contributed by atoms with Crippen molar-refractivity contribution < 1.29 is 14.6 Å². The molecule has 2 rings (SSSR count). The molecule has 5 heteroatoms. The Hall–Kier alpha value is -2.87. The Balaban J connectivity index is 2.35. The van der Waals surface area contributed by atoms with E-state index in [0.29, 0.717) is 35.1 Å². The van der Waals surface area contributed by atoms with Crippen LogP contribution in [0, 0.1) is 17.2 Å². The van der Waals surface area contributed by atoms with Crippen molar-refractivity contribution in [3.8, 4) is 23.1 Å². The van der Waals surface area contributed by atoms with Gasteiger partial charge in [-0.25, -0.2) is 4.79 Å². The third-order valence-corrected chi connectivity index (χ3v) is 2.97. The lowest BCUT2D eigenvalue weighted by atomic mass is 10.1. The predicted octanol–water partition coefficient (Wildman–Crippen LogP) is 3.35. The molecule has 1 aromatic carbocycles. The van der Waals surface area contributed by atoms with Crippen molar-refractivity contribution in [2.45, 2.75) is 13.8 Å². The van der Waals surface area contributed by atoms with Gasteiger partial charge in [0.05, 0.1) is 23.4 Å². The van der Waals surface area contributed by atoms with Crippen LogP contribution in [0.1, 0.15) is 29.8 Å². The highest BCUT2D eigenvalue weighted by Crippen LogP contribution is 2.26. The minimum absolute atomic E-state index is 0.156. The largest absolute Gasteiger partial charge is 0.492 e. The molecular weight excluding hydrogens is 280 g/mol. The van der Waals surface area contributed by atoms with E-state index in [2.05, 4.69) is 11.1 Å². The Morgan fingerprint density at radius 1 is 1.36 bits per heavy atom. The number of nitriles is 1. The lowest BCUT2D eigenvalue weighted by molar-refractivity contribution is 0.0697. The number of carbonyl (C=O) groups is 1. The molecule has 0 aliphatic heterocycles. The maximum absolute atomic E-state index is 11.0. The molecule has 0 bridgehead atoms. The Morgan fingerprint density at radius 3 is 2.77 bits per heavy atom. The van der Waals surface area contributed by atoms with Crippen LogP contribution in [0.5, 0.6) is 5.75 Å². The van der Waals surface area contributed by atoms with E-state index in [4.69, 9.17) is 9.84 Å². The molecule has 0 saturated heterocycles. The number of pyridine rings is 1. The number of hydrogen-bond acceptors (Lipinski definition) is 4. The van der Waals surface area contributed by atoms with Crippen LogP contribution in [0.4, 0.5) is 0 Å². The van der Waals surface area contributed by atoms with Gasteiger partial charge in [0, 0.05) is 11.8 Å². The summed E-state index contributed by atoms with van der Waals surface area (Å²) in [6.07, 6.45) is 1.44. The highest BCUT2D eigenvalue weighted by atomic mass is 16.5. The van der Waals surface area contributed by atoms with Gasteiger partial charge in [-0.3, -0.25) is 4.98 Å². The van der Waals surface area contributed by atoms with E-state index in [9.17, 15) is 10.1 Å². The number of ether oxygens (including phenoxy) is 1. The van der Waals surface area contributed by atoms with Crippen LogP contribution in [-0.4, -0.2) is 22.7 Å². The second-order valence-electron chi connectivity index (χ2n) is 5.26. The summed E-state index contributed by atoms with van der Waals surface area (Å²) in [5, 5.41) is 18.3. The van der Waals surface area contributed by atoms with Crippen LogP contribution >= 0.6 is 0 Å². The van der Waals surface area contributed by atoms with Crippen molar-refractivity contribution in [3.63, 3.8) is 0 Å². The molecule has 112 valence electrons. The summed E-state index contributed by atoms with van der Waals surface area (Å²) < 4.78 is 5.61. The lowest BCUT2D eigenvalue weighted by Crippen LogP contribution is -2.05. The highest BCUT2D eigenvalue weighted by Gasteiger charge is 2.10. The van der Waals surface area contributed by atoms with Gasteiger partial charge in [0.1, 0.15) is 11.8 Å². The van der Waals surface area contributed by atoms with Crippen molar-refractivity contribution in [2.75, 3.05) is 6.61 Å². The van der Waals surface area contributed by atoms with E-state index in [-0.39, 0.29) is 5.56 Å². The molecule has 0 radical (unpaired) electrons. The average molecular weight is 296 g/mol. The quantitative estimate of drug-likeness (QED) is 0.914. The van der Waals surface area contributed by atoms with E-state index >= 15 is 0 Å². The van der Waals surface area contributed by atoms with Gasteiger partial charge in [-0.1, -0.05) is 13.8 Å². The maximum atomic E-state index is 11.0. The molecule has 5 nitrogen and oxygen atoms in total. The Labute approximate surface area is 128 Å². The zero-order valence-electron chi connectivity index (χ0n) is 12.4. The molecule has 0 amide bonds. The first-order valence-corrected chi connectivity index (χ1v) is 6.88. The minimum Gasteiger partial charge on any atom is -0.492 e. The van der Waals surface area contributed by atoms with Crippen LogP contribution in [0.2, 0.25) is 0 Å². The average Bonchev–Trinajstić information content (AvgIpc) is 2.52. The molecule has 1 aromatic heterocycles. The molecule has 0 atom stereocenters. The second-order valence-corrected chi connectivity index (χ2v) is 5.26. The fraction of sp³-hybridized carbons (Fsp3) is 0.235. The first-order chi connectivity index (χ1) is 10.5. The van der Waals surface area contributed by atoms with Gasteiger partial charge >= 0.3 is 5.97 Å². The monoisotopic (exact) mass is 296 g/mol. The summed E-state index contributed by atoms with van der Waals surface area (Å²) in [5.74, 6) is -0.129. The second kappa shape index (κ2) is 6.72. The first-order valence-electron chi connectivity index (χ1n) is 6.88. The number of nitrogens with zero attached hydrogens (tertiary/aromatic N) is 2. The molecule has 0 spiro atoms. The molecule has 0 saturated carbocycles. The number of aromatic nitrogens is 1. The van der Waals surface area contributed by atoms with Gasteiger partial charge < -0.3 is 9.84 Å². The normalized spacial score (nSPS) is 10.3. The molecule has 1 heterocycles. The van der Waals surface area contributed by atoms with E-state index in [1.165, 1.54) is 18.3 Å². The molecule has 0 aliphatic carbocycles. The van der Waals surface area contributed by atoms with Crippen LogP contribution in [0.3, 0.4) is 0 Å². The van der Waals surface area contributed by atoms with Gasteiger partial charge in [0.2, 0.25) is 0 Å². The summed E-state index contributed by atoms with van der Waals surface area (Å²) in [7, 11) is 0. The summed E-state index contributed by atoms with van der Waals surface area (Å²) in [6, 6.07) is 10.1. The van der Waals surface area contributed by atoms with Crippen LogP contribution in [0.25, 0.3) is 11.3 Å². The minimum atomic E-state index is -1.01. The Morgan fingerprint density at radius 2 is 2.14 bits per heavy atom. The van der Waals surface area contributed by atoms with Gasteiger partial charge in [0.15, 0.2) is 0 Å². The maximum Gasteiger partial charge on any atom is 0.335 e. The standard InChI is InChI=1S/C17H16N2O3/c1-11(2)10-22-16-4-3-12(7-14(16)9-18)15-8-13(17(20)21)5-6-19-15/h3-8,11H,10H2,1-2H3,(H,20,21). The van der Waals surface area contributed by atoms with E-state index in [0.717, 1.165) is 0 Å².